The van der Waals surface area contributed by atoms with Gasteiger partial charge in [0.05, 0.1) is 6.10 Å². The number of nitrogens with one attached hydrogen (secondary N) is 1. The molecule has 0 saturated carbocycles. The Morgan fingerprint density at radius 3 is 2.30 bits per heavy atom. The monoisotopic (exact) mass is 145 g/mol. The molecule has 2 atom stereocenters. The van der Waals surface area contributed by atoms with E-state index in [0.717, 1.165) is 0 Å². The molecule has 0 fully saturated rings. The predicted molar refractivity (Wildman–Crippen MR) is 35.3 cm³/mol. The van der Waals surface area contributed by atoms with Gasteiger partial charge in [0.2, 0.25) is 5.91 Å². The smallest absolute Gasteiger partial charge is 0.217 e. The molecule has 4 heteroatoms. The van der Waals surface area contributed by atoms with Crippen LogP contribution in [0.1, 0.15) is 13.8 Å². The number of carbonyl (C=O) groups is 2. The second-order valence-corrected chi connectivity index (χ2v) is 2.10. The van der Waals surface area contributed by atoms with Crippen molar-refractivity contribution in [1.82, 2.24) is 5.32 Å². The molecule has 0 rings (SSSR count). The van der Waals surface area contributed by atoms with Crippen LogP contribution in [0.4, 0.5) is 0 Å². The summed E-state index contributed by atoms with van der Waals surface area (Å²) >= 11 is 0. The van der Waals surface area contributed by atoms with Crippen molar-refractivity contribution in [2.45, 2.75) is 26.0 Å². The van der Waals surface area contributed by atoms with Crippen LogP contribution in [0.25, 0.3) is 0 Å². The van der Waals surface area contributed by atoms with E-state index in [0.29, 0.717) is 6.29 Å². The lowest BCUT2D eigenvalue weighted by Crippen LogP contribution is -2.42. The molecule has 0 aromatic rings. The number of hydrogen-bond donors (Lipinski definition) is 2. The Morgan fingerprint density at radius 1 is 1.70 bits per heavy atom. The molecule has 58 valence electrons. The van der Waals surface area contributed by atoms with Gasteiger partial charge in [-0.25, -0.2) is 0 Å². The average Bonchev–Trinajstić information content (AvgIpc) is 1.81. The predicted octanol–water partition coefficient (Wildman–Crippen LogP) is -0.929. The molecule has 0 heterocycles. The van der Waals surface area contributed by atoms with E-state index in [4.69, 9.17) is 5.11 Å². The van der Waals surface area contributed by atoms with Crippen molar-refractivity contribution in [3.8, 4) is 0 Å². The summed E-state index contributed by atoms with van der Waals surface area (Å²) in [7, 11) is 0. The van der Waals surface area contributed by atoms with Crippen LogP contribution in [0, 0.1) is 0 Å². The van der Waals surface area contributed by atoms with E-state index in [1.165, 1.54) is 13.8 Å². The molecular formula is C6H11NO3. The van der Waals surface area contributed by atoms with Crippen LogP contribution in [0.15, 0.2) is 0 Å². The fourth-order valence-electron chi connectivity index (χ4n) is 0.503. The average molecular weight is 145 g/mol. The molecule has 0 aliphatic rings. The van der Waals surface area contributed by atoms with Crippen LogP contribution in [0.3, 0.4) is 0 Å². The summed E-state index contributed by atoms with van der Waals surface area (Å²) in [6.07, 6.45) is -0.326. The Labute approximate surface area is 59.2 Å². The first kappa shape index (κ1) is 9.10. The zero-order valence-corrected chi connectivity index (χ0v) is 6.00. The highest BCUT2D eigenvalue weighted by Crippen LogP contribution is 1.87. The molecule has 0 saturated heterocycles. The van der Waals surface area contributed by atoms with Crippen LogP contribution >= 0.6 is 0 Å². The fourth-order valence-corrected chi connectivity index (χ4v) is 0.503. The summed E-state index contributed by atoms with van der Waals surface area (Å²) in [6.45, 7) is 2.73. The molecule has 4 nitrogen and oxygen atoms in total. The van der Waals surface area contributed by atoms with E-state index in [1.54, 1.807) is 0 Å². The van der Waals surface area contributed by atoms with Gasteiger partial charge in [-0.2, -0.15) is 0 Å². The number of hydrogen-bond acceptors (Lipinski definition) is 3. The van der Waals surface area contributed by atoms with E-state index < -0.39 is 12.1 Å². The van der Waals surface area contributed by atoms with Crippen LogP contribution < -0.4 is 5.32 Å². The Bertz CT molecular complexity index is 133. The zero-order valence-electron chi connectivity index (χ0n) is 6.00. The van der Waals surface area contributed by atoms with Crippen LogP contribution in [-0.4, -0.2) is 29.4 Å². The van der Waals surface area contributed by atoms with Gasteiger partial charge in [-0.1, -0.05) is 0 Å². The van der Waals surface area contributed by atoms with Crippen molar-refractivity contribution in [3.05, 3.63) is 0 Å². The van der Waals surface area contributed by atoms with Crippen molar-refractivity contribution in [1.29, 1.82) is 0 Å². The molecule has 0 aromatic carbocycles. The lowest BCUT2D eigenvalue weighted by Gasteiger charge is -2.12. The SMILES string of the molecule is CC(=O)NC(C=O)C(C)O. The van der Waals surface area contributed by atoms with Gasteiger partial charge in [0.15, 0.2) is 0 Å². The molecule has 0 aromatic heterocycles. The highest BCUT2D eigenvalue weighted by molar-refractivity contribution is 5.77. The standard InChI is InChI=1S/C6H11NO3/c1-4(9)6(3-8)7-5(2)10/h3-4,6,9H,1-2H3,(H,7,10). The maximum Gasteiger partial charge on any atom is 0.217 e. The first-order valence-electron chi connectivity index (χ1n) is 2.98. The van der Waals surface area contributed by atoms with Gasteiger partial charge in [0.25, 0.3) is 0 Å². The zero-order chi connectivity index (χ0) is 8.15. The largest absolute Gasteiger partial charge is 0.391 e. The summed E-state index contributed by atoms with van der Waals surface area (Å²) in [5.41, 5.74) is 0. The Morgan fingerprint density at radius 2 is 2.20 bits per heavy atom. The molecule has 2 N–H and O–H groups in total. The van der Waals surface area contributed by atoms with Crippen LogP contribution in [0.2, 0.25) is 0 Å². The number of carbonyl (C=O) groups excluding carboxylic acids is 2. The minimum Gasteiger partial charge on any atom is -0.391 e. The topological polar surface area (TPSA) is 66.4 Å². The van der Waals surface area contributed by atoms with E-state index in [2.05, 4.69) is 5.32 Å². The molecule has 1 amide bonds. The number of aliphatic hydroxyl groups excluding tert-OH is 1. The van der Waals surface area contributed by atoms with Crippen molar-refractivity contribution >= 4 is 12.2 Å². The van der Waals surface area contributed by atoms with E-state index in [1.807, 2.05) is 0 Å². The summed E-state index contributed by atoms with van der Waals surface area (Å²) in [4.78, 5) is 20.4. The number of aldehydes is 1. The van der Waals surface area contributed by atoms with Crippen molar-refractivity contribution in [2.75, 3.05) is 0 Å². The van der Waals surface area contributed by atoms with Gasteiger partial charge in [-0.3, -0.25) is 4.79 Å². The minimum absolute atomic E-state index is 0.321. The third-order valence-corrected chi connectivity index (χ3v) is 1.04. The first-order chi connectivity index (χ1) is 4.57. The minimum atomic E-state index is -0.832. The molecule has 0 bridgehead atoms. The number of rotatable bonds is 3. The van der Waals surface area contributed by atoms with Crippen molar-refractivity contribution in [3.63, 3.8) is 0 Å². The molecule has 0 aliphatic carbocycles. The molecule has 0 radical (unpaired) electrons. The Balaban J connectivity index is 3.83. The molecule has 2 unspecified atom stereocenters. The number of aliphatic hydroxyl groups is 1. The van der Waals surface area contributed by atoms with E-state index in [-0.39, 0.29) is 5.91 Å². The highest BCUT2D eigenvalue weighted by atomic mass is 16.3. The van der Waals surface area contributed by atoms with Gasteiger partial charge in [-0.15, -0.1) is 0 Å². The summed E-state index contributed by atoms with van der Waals surface area (Å²) in [5, 5.41) is 11.1. The fraction of sp³-hybridized carbons (Fsp3) is 0.667. The molecular weight excluding hydrogens is 134 g/mol. The third kappa shape index (κ3) is 3.19. The normalized spacial score (nSPS) is 15.5. The quantitative estimate of drug-likeness (QED) is 0.504. The van der Waals surface area contributed by atoms with Crippen LogP contribution in [0.5, 0.6) is 0 Å². The lowest BCUT2D eigenvalue weighted by atomic mass is 10.2. The van der Waals surface area contributed by atoms with Crippen molar-refractivity contribution in [2.24, 2.45) is 0 Å². The molecule has 0 spiro atoms. The van der Waals surface area contributed by atoms with Crippen molar-refractivity contribution < 1.29 is 14.7 Å². The summed E-state index contributed by atoms with van der Waals surface area (Å²) in [5.74, 6) is -0.321. The Hall–Kier alpha value is -0.900. The Kier molecular flexibility index (Phi) is 3.64. The maximum atomic E-state index is 10.3. The van der Waals surface area contributed by atoms with E-state index >= 15 is 0 Å². The van der Waals surface area contributed by atoms with Gasteiger partial charge in [-0.05, 0) is 6.92 Å². The van der Waals surface area contributed by atoms with E-state index in [9.17, 15) is 9.59 Å². The summed E-state index contributed by atoms with van der Waals surface area (Å²) < 4.78 is 0. The highest BCUT2D eigenvalue weighted by Gasteiger charge is 2.13. The van der Waals surface area contributed by atoms with Crippen LogP contribution in [-0.2, 0) is 9.59 Å². The second kappa shape index (κ2) is 4.00. The number of amides is 1. The second-order valence-electron chi connectivity index (χ2n) is 2.10. The summed E-state index contributed by atoms with van der Waals surface area (Å²) in [6, 6.07) is -0.780. The first-order valence-corrected chi connectivity index (χ1v) is 2.98. The van der Waals surface area contributed by atoms with Gasteiger partial charge >= 0.3 is 0 Å². The molecule has 10 heavy (non-hydrogen) atoms. The van der Waals surface area contributed by atoms with Gasteiger partial charge in [0.1, 0.15) is 12.3 Å². The third-order valence-electron chi connectivity index (χ3n) is 1.04. The van der Waals surface area contributed by atoms with Gasteiger partial charge < -0.3 is 15.2 Å². The maximum absolute atomic E-state index is 10.3. The lowest BCUT2D eigenvalue weighted by molar-refractivity contribution is -0.123. The molecule has 0 aliphatic heterocycles. The van der Waals surface area contributed by atoms with Gasteiger partial charge in [0, 0.05) is 6.92 Å².